The quantitative estimate of drug-likeness (QED) is 0.654. The Morgan fingerprint density at radius 3 is 2.95 bits per heavy atom. The lowest BCUT2D eigenvalue weighted by molar-refractivity contribution is 0.102. The highest BCUT2D eigenvalue weighted by Crippen LogP contribution is 2.21. The lowest BCUT2D eigenvalue weighted by Crippen LogP contribution is -2.12. The Labute approximate surface area is 109 Å². The molecule has 5 heteroatoms. The molecule has 0 radical (unpaired) electrons. The van der Waals surface area contributed by atoms with Crippen LogP contribution in [0.1, 0.15) is 10.5 Å². The molecule has 1 aromatic carbocycles. The summed E-state index contributed by atoms with van der Waals surface area (Å²) in [5.41, 5.74) is 8.11. The highest BCUT2D eigenvalue weighted by atomic mass is 16.1. The minimum Gasteiger partial charge on any atom is -0.397 e. The van der Waals surface area contributed by atoms with Gasteiger partial charge < -0.3 is 16.0 Å². The van der Waals surface area contributed by atoms with Crippen LogP contribution >= 0.6 is 0 Å². The molecule has 94 valence electrons. The van der Waals surface area contributed by atoms with Crippen molar-refractivity contribution in [2.45, 2.75) is 0 Å². The normalized spacial score (nSPS) is 10.5. The molecular formula is C14H12N4O. The van der Waals surface area contributed by atoms with E-state index in [1.54, 1.807) is 18.5 Å². The second kappa shape index (κ2) is 4.45. The van der Waals surface area contributed by atoms with Crippen LogP contribution in [-0.2, 0) is 0 Å². The Morgan fingerprint density at radius 2 is 2.16 bits per heavy atom. The third-order valence-electron chi connectivity index (χ3n) is 2.84. The number of carbonyl (C=O) groups excluding carboxylic acids is 1. The van der Waals surface area contributed by atoms with Crippen molar-refractivity contribution in [3.8, 4) is 0 Å². The number of anilines is 2. The number of nitrogens with one attached hydrogen (secondary N) is 2. The third-order valence-corrected chi connectivity index (χ3v) is 2.84. The number of pyridine rings is 1. The fraction of sp³-hybridized carbons (Fsp3) is 0. The summed E-state index contributed by atoms with van der Waals surface area (Å²) in [5, 5.41) is 3.75. The van der Waals surface area contributed by atoms with Crippen molar-refractivity contribution >= 4 is 28.2 Å². The summed E-state index contributed by atoms with van der Waals surface area (Å²) in [7, 11) is 0. The van der Waals surface area contributed by atoms with E-state index in [9.17, 15) is 4.79 Å². The number of hydrogen-bond acceptors (Lipinski definition) is 3. The predicted octanol–water partition coefficient (Wildman–Crippen LogP) is 2.40. The van der Waals surface area contributed by atoms with Crippen molar-refractivity contribution in [1.82, 2.24) is 9.97 Å². The molecule has 0 atom stereocenters. The maximum atomic E-state index is 12.1. The number of benzene rings is 1. The summed E-state index contributed by atoms with van der Waals surface area (Å²) in [6, 6.07) is 10.9. The average molecular weight is 252 g/mol. The van der Waals surface area contributed by atoms with E-state index in [1.165, 1.54) is 0 Å². The van der Waals surface area contributed by atoms with E-state index in [0.717, 1.165) is 16.6 Å². The first kappa shape index (κ1) is 11.3. The minimum atomic E-state index is -0.229. The monoisotopic (exact) mass is 252 g/mol. The summed E-state index contributed by atoms with van der Waals surface area (Å²) >= 11 is 0. The number of fused-ring (bicyclic) bond motifs is 1. The highest BCUT2D eigenvalue weighted by molar-refractivity contribution is 6.08. The van der Waals surface area contributed by atoms with Crippen molar-refractivity contribution in [2.75, 3.05) is 11.1 Å². The molecule has 2 heterocycles. The van der Waals surface area contributed by atoms with Gasteiger partial charge in [0.15, 0.2) is 0 Å². The van der Waals surface area contributed by atoms with Crippen LogP contribution in [0, 0.1) is 0 Å². The lowest BCUT2D eigenvalue weighted by Gasteiger charge is -2.07. The van der Waals surface area contributed by atoms with Crippen LogP contribution in [0.5, 0.6) is 0 Å². The molecule has 0 aliphatic heterocycles. The number of aromatic amines is 1. The fourth-order valence-electron chi connectivity index (χ4n) is 1.94. The van der Waals surface area contributed by atoms with Gasteiger partial charge in [-0.25, -0.2) is 0 Å². The number of hydrogen-bond donors (Lipinski definition) is 3. The van der Waals surface area contributed by atoms with Crippen molar-refractivity contribution in [1.29, 1.82) is 0 Å². The number of nitrogen functional groups attached to an aromatic ring is 1. The molecule has 0 fully saturated rings. The topological polar surface area (TPSA) is 83.8 Å². The number of nitrogens with zero attached hydrogens (tertiary/aromatic N) is 1. The number of H-pyrrole nitrogens is 1. The van der Waals surface area contributed by atoms with Crippen LogP contribution in [0.15, 0.2) is 48.8 Å². The Kier molecular flexibility index (Phi) is 2.64. The molecule has 1 amide bonds. The molecule has 19 heavy (non-hydrogen) atoms. The van der Waals surface area contributed by atoms with Crippen molar-refractivity contribution < 1.29 is 4.79 Å². The average Bonchev–Trinajstić information content (AvgIpc) is 2.86. The Balaban J connectivity index is 1.95. The van der Waals surface area contributed by atoms with Gasteiger partial charge in [-0.1, -0.05) is 6.07 Å². The van der Waals surface area contributed by atoms with Gasteiger partial charge in [-0.3, -0.25) is 9.78 Å². The van der Waals surface area contributed by atoms with Gasteiger partial charge in [0, 0.05) is 23.5 Å². The molecule has 3 rings (SSSR count). The predicted molar refractivity (Wildman–Crippen MR) is 74.9 cm³/mol. The van der Waals surface area contributed by atoms with Crippen LogP contribution in [0.2, 0.25) is 0 Å². The number of carbonyl (C=O) groups is 1. The second-order valence-corrected chi connectivity index (χ2v) is 4.18. The van der Waals surface area contributed by atoms with Crippen molar-refractivity contribution in [3.05, 3.63) is 54.5 Å². The summed E-state index contributed by atoms with van der Waals surface area (Å²) in [5.74, 6) is -0.229. The Morgan fingerprint density at radius 1 is 1.26 bits per heavy atom. The van der Waals surface area contributed by atoms with Gasteiger partial charge >= 0.3 is 0 Å². The standard InChI is InChI=1S/C14H12N4O/c15-9-7-13(17-8-9)14(19)18-12-5-1-4-11-10(12)3-2-6-16-11/h1-8,17H,15H2,(H,18,19). The number of amides is 1. The largest absolute Gasteiger partial charge is 0.397 e. The van der Waals surface area contributed by atoms with E-state index in [4.69, 9.17) is 5.73 Å². The van der Waals surface area contributed by atoms with Gasteiger partial charge in [0.2, 0.25) is 0 Å². The molecule has 5 nitrogen and oxygen atoms in total. The van der Waals surface area contributed by atoms with Gasteiger partial charge in [0.1, 0.15) is 5.69 Å². The second-order valence-electron chi connectivity index (χ2n) is 4.18. The molecule has 0 saturated carbocycles. The first-order valence-corrected chi connectivity index (χ1v) is 5.83. The van der Waals surface area contributed by atoms with E-state index in [1.807, 2.05) is 30.3 Å². The molecule has 0 unspecified atom stereocenters. The zero-order valence-electron chi connectivity index (χ0n) is 10.1. The maximum Gasteiger partial charge on any atom is 0.272 e. The van der Waals surface area contributed by atoms with Gasteiger partial charge in [0.25, 0.3) is 5.91 Å². The molecule has 0 saturated heterocycles. The van der Waals surface area contributed by atoms with E-state index in [0.29, 0.717) is 11.4 Å². The number of nitrogens with two attached hydrogens (primary N) is 1. The maximum absolute atomic E-state index is 12.1. The zero-order valence-corrected chi connectivity index (χ0v) is 10.1. The molecule has 0 aliphatic rings. The van der Waals surface area contributed by atoms with Gasteiger partial charge in [0.05, 0.1) is 11.2 Å². The first-order chi connectivity index (χ1) is 9.24. The summed E-state index contributed by atoms with van der Waals surface area (Å²) < 4.78 is 0. The Bertz CT molecular complexity index is 743. The summed E-state index contributed by atoms with van der Waals surface area (Å²) in [6.45, 7) is 0. The molecule has 3 aromatic rings. The van der Waals surface area contributed by atoms with E-state index in [-0.39, 0.29) is 5.91 Å². The molecule has 4 N–H and O–H groups in total. The minimum absolute atomic E-state index is 0.229. The summed E-state index contributed by atoms with van der Waals surface area (Å²) in [6.07, 6.45) is 3.30. The smallest absolute Gasteiger partial charge is 0.272 e. The SMILES string of the molecule is Nc1c[nH]c(C(=O)Nc2cccc3ncccc23)c1. The number of aromatic nitrogens is 2. The lowest BCUT2D eigenvalue weighted by atomic mass is 10.2. The van der Waals surface area contributed by atoms with Gasteiger partial charge in [-0.05, 0) is 30.3 Å². The summed E-state index contributed by atoms with van der Waals surface area (Å²) in [4.78, 5) is 19.1. The first-order valence-electron chi connectivity index (χ1n) is 5.83. The van der Waals surface area contributed by atoms with Crippen molar-refractivity contribution in [3.63, 3.8) is 0 Å². The fourth-order valence-corrected chi connectivity index (χ4v) is 1.94. The van der Waals surface area contributed by atoms with E-state index in [2.05, 4.69) is 15.3 Å². The van der Waals surface area contributed by atoms with Crippen LogP contribution in [0.4, 0.5) is 11.4 Å². The third kappa shape index (κ3) is 2.13. The molecule has 0 spiro atoms. The number of rotatable bonds is 2. The van der Waals surface area contributed by atoms with Crippen molar-refractivity contribution in [2.24, 2.45) is 0 Å². The van der Waals surface area contributed by atoms with Crippen LogP contribution < -0.4 is 11.1 Å². The Hall–Kier alpha value is -2.82. The highest BCUT2D eigenvalue weighted by Gasteiger charge is 2.09. The van der Waals surface area contributed by atoms with Gasteiger partial charge in [-0.15, -0.1) is 0 Å². The molecule has 0 bridgehead atoms. The van der Waals surface area contributed by atoms with E-state index < -0.39 is 0 Å². The van der Waals surface area contributed by atoms with Crippen LogP contribution in [0.3, 0.4) is 0 Å². The van der Waals surface area contributed by atoms with Crippen LogP contribution in [0.25, 0.3) is 10.9 Å². The van der Waals surface area contributed by atoms with E-state index >= 15 is 0 Å². The molecular weight excluding hydrogens is 240 g/mol. The van der Waals surface area contributed by atoms with Gasteiger partial charge in [-0.2, -0.15) is 0 Å². The molecule has 0 aliphatic carbocycles. The van der Waals surface area contributed by atoms with Crippen LogP contribution in [-0.4, -0.2) is 15.9 Å². The molecule has 2 aromatic heterocycles. The zero-order chi connectivity index (χ0) is 13.2.